The monoisotopic (exact) mass is 436 g/mol. The molecule has 0 spiro atoms. The van der Waals surface area contributed by atoms with Gasteiger partial charge in [-0.25, -0.2) is 17.5 Å². The number of anilines is 1. The predicted octanol–water partition coefficient (Wildman–Crippen LogP) is 3.41. The number of halogens is 3. The molecule has 0 aromatic heterocycles. The smallest absolute Gasteiger partial charge is 0.240 e. The highest BCUT2D eigenvalue weighted by Crippen LogP contribution is 2.23. The average Bonchev–Trinajstić information content (AvgIpc) is 2.43. The van der Waals surface area contributed by atoms with Crippen LogP contribution in [0, 0.1) is 5.82 Å². The van der Waals surface area contributed by atoms with Gasteiger partial charge in [0.15, 0.2) is 0 Å². The first-order valence-electron chi connectivity index (χ1n) is 5.78. The standard InChI is InChI=1S/C13H11Br2FN2O2S/c14-11-3-1-9(16)5-8(11)7-18-21(19,20)10-2-4-12(15)13(17)6-10/h1-6,18H,7,17H2. The molecule has 4 nitrogen and oxygen atoms in total. The zero-order valence-electron chi connectivity index (χ0n) is 10.6. The first kappa shape index (κ1) is 16.4. The topological polar surface area (TPSA) is 72.2 Å². The van der Waals surface area contributed by atoms with Gasteiger partial charge in [0.05, 0.1) is 4.90 Å². The normalized spacial score (nSPS) is 11.6. The SMILES string of the molecule is Nc1cc(S(=O)(=O)NCc2cc(F)ccc2Br)ccc1Br. The molecule has 0 saturated heterocycles. The molecule has 3 N–H and O–H groups in total. The molecule has 8 heteroatoms. The van der Waals surface area contributed by atoms with Crippen LogP contribution in [0.4, 0.5) is 10.1 Å². The molecule has 2 aromatic rings. The summed E-state index contributed by atoms with van der Waals surface area (Å²) in [6.45, 7) is -0.0311. The second-order valence-corrected chi connectivity index (χ2v) is 7.72. The van der Waals surface area contributed by atoms with Crippen LogP contribution in [0.3, 0.4) is 0 Å². The van der Waals surface area contributed by atoms with Gasteiger partial charge in [-0.2, -0.15) is 0 Å². The number of benzene rings is 2. The van der Waals surface area contributed by atoms with E-state index in [4.69, 9.17) is 5.73 Å². The van der Waals surface area contributed by atoms with Crippen molar-refractivity contribution in [3.8, 4) is 0 Å². The van der Waals surface area contributed by atoms with Crippen molar-refractivity contribution in [1.29, 1.82) is 0 Å². The molecule has 0 amide bonds. The van der Waals surface area contributed by atoms with E-state index >= 15 is 0 Å². The van der Waals surface area contributed by atoms with E-state index in [9.17, 15) is 12.8 Å². The van der Waals surface area contributed by atoms with Gasteiger partial charge in [-0.3, -0.25) is 0 Å². The van der Waals surface area contributed by atoms with Crippen LogP contribution < -0.4 is 10.5 Å². The highest BCUT2D eigenvalue weighted by atomic mass is 79.9. The number of hydrogen-bond donors (Lipinski definition) is 2. The first-order valence-corrected chi connectivity index (χ1v) is 8.85. The minimum Gasteiger partial charge on any atom is -0.398 e. The van der Waals surface area contributed by atoms with E-state index in [2.05, 4.69) is 36.6 Å². The summed E-state index contributed by atoms with van der Waals surface area (Å²) in [5, 5.41) is 0. The van der Waals surface area contributed by atoms with Gasteiger partial charge in [-0.1, -0.05) is 15.9 Å². The molecule has 0 saturated carbocycles. The molecule has 0 bridgehead atoms. The molecule has 0 aliphatic heterocycles. The van der Waals surface area contributed by atoms with Gasteiger partial charge >= 0.3 is 0 Å². The van der Waals surface area contributed by atoms with Crippen molar-refractivity contribution in [3.63, 3.8) is 0 Å². The third-order valence-electron chi connectivity index (χ3n) is 2.74. The van der Waals surface area contributed by atoms with E-state index < -0.39 is 15.8 Å². The minimum absolute atomic E-state index is 0.0311. The number of nitrogen functional groups attached to an aromatic ring is 1. The van der Waals surface area contributed by atoms with Gasteiger partial charge in [0.25, 0.3) is 0 Å². The Balaban J connectivity index is 2.21. The number of nitrogens with one attached hydrogen (secondary N) is 1. The van der Waals surface area contributed by atoms with Crippen molar-refractivity contribution in [2.45, 2.75) is 11.4 Å². The summed E-state index contributed by atoms with van der Waals surface area (Å²) >= 11 is 6.45. The lowest BCUT2D eigenvalue weighted by Gasteiger charge is -2.09. The van der Waals surface area contributed by atoms with Gasteiger partial charge in [-0.15, -0.1) is 0 Å². The van der Waals surface area contributed by atoms with Crippen molar-refractivity contribution < 1.29 is 12.8 Å². The number of rotatable bonds is 4. The van der Waals surface area contributed by atoms with Crippen LogP contribution in [0.25, 0.3) is 0 Å². The lowest BCUT2D eigenvalue weighted by molar-refractivity contribution is 0.580. The Morgan fingerprint density at radius 1 is 1.10 bits per heavy atom. The Hall–Kier alpha value is -0.960. The molecule has 2 rings (SSSR count). The van der Waals surface area contributed by atoms with Crippen LogP contribution in [0.15, 0.2) is 50.2 Å². The number of sulfonamides is 1. The highest BCUT2D eigenvalue weighted by Gasteiger charge is 2.15. The lowest BCUT2D eigenvalue weighted by atomic mass is 10.2. The maximum atomic E-state index is 13.2. The lowest BCUT2D eigenvalue weighted by Crippen LogP contribution is -2.23. The van der Waals surface area contributed by atoms with Gasteiger partial charge in [0.1, 0.15) is 5.82 Å². The summed E-state index contributed by atoms with van der Waals surface area (Å²) in [6.07, 6.45) is 0. The minimum atomic E-state index is -3.72. The van der Waals surface area contributed by atoms with Gasteiger partial charge in [0.2, 0.25) is 10.0 Å². The predicted molar refractivity (Wildman–Crippen MR) is 86.7 cm³/mol. The van der Waals surface area contributed by atoms with E-state index in [1.165, 1.54) is 30.3 Å². The zero-order valence-corrected chi connectivity index (χ0v) is 14.6. The fourth-order valence-electron chi connectivity index (χ4n) is 1.62. The largest absolute Gasteiger partial charge is 0.398 e. The second-order valence-electron chi connectivity index (χ2n) is 4.24. The molecule has 0 aliphatic rings. The molecule has 0 fully saturated rings. The number of nitrogens with two attached hydrogens (primary N) is 1. The molecular weight excluding hydrogens is 427 g/mol. The van der Waals surface area contributed by atoms with Crippen LogP contribution in [0.5, 0.6) is 0 Å². The summed E-state index contributed by atoms with van der Waals surface area (Å²) in [4.78, 5) is 0.0516. The Bertz CT molecular complexity index is 782. The Kier molecular flexibility index (Phi) is 5.03. The Labute approximate surface area is 138 Å². The average molecular weight is 438 g/mol. The maximum absolute atomic E-state index is 13.2. The summed E-state index contributed by atoms with van der Waals surface area (Å²) in [5.74, 6) is -0.430. The van der Waals surface area contributed by atoms with Crippen LogP contribution in [-0.2, 0) is 16.6 Å². The summed E-state index contributed by atoms with van der Waals surface area (Å²) in [5.41, 5.74) is 6.50. The van der Waals surface area contributed by atoms with Crippen molar-refractivity contribution in [2.24, 2.45) is 0 Å². The van der Waals surface area contributed by atoms with Crippen molar-refractivity contribution >= 4 is 47.6 Å². The Morgan fingerprint density at radius 3 is 2.43 bits per heavy atom. The number of hydrogen-bond acceptors (Lipinski definition) is 3. The fourth-order valence-corrected chi connectivity index (χ4v) is 3.30. The van der Waals surface area contributed by atoms with Crippen LogP contribution in [0.2, 0.25) is 0 Å². The molecule has 0 heterocycles. The molecule has 0 unspecified atom stereocenters. The Morgan fingerprint density at radius 2 is 1.76 bits per heavy atom. The maximum Gasteiger partial charge on any atom is 0.240 e. The van der Waals surface area contributed by atoms with Gasteiger partial charge < -0.3 is 5.73 Å². The zero-order chi connectivity index (χ0) is 15.6. The summed E-state index contributed by atoms with van der Waals surface area (Å²) in [7, 11) is -3.72. The van der Waals surface area contributed by atoms with E-state index in [1.54, 1.807) is 6.07 Å². The third-order valence-corrected chi connectivity index (χ3v) is 5.63. The first-order chi connectivity index (χ1) is 9.79. The van der Waals surface area contributed by atoms with Crippen LogP contribution in [-0.4, -0.2) is 8.42 Å². The molecule has 112 valence electrons. The fraction of sp³-hybridized carbons (Fsp3) is 0.0769. The third kappa shape index (κ3) is 4.03. The molecule has 0 aliphatic carbocycles. The molecule has 21 heavy (non-hydrogen) atoms. The van der Waals surface area contributed by atoms with E-state index in [0.29, 0.717) is 20.2 Å². The van der Waals surface area contributed by atoms with Gasteiger partial charge in [-0.05, 0) is 57.9 Å². The highest BCUT2D eigenvalue weighted by molar-refractivity contribution is 9.10. The summed E-state index contributed by atoms with van der Waals surface area (Å²) in [6, 6.07) is 8.43. The van der Waals surface area contributed by atoms with E-state index in [-0.39, 0.29) is 11.4 Å². The van der Waals surface area contributed by atoms with Crippen LogP contribution >= 0.6 is 31.9 Å². The van der Waals surface area contributed by atoms with E-state index in [1.807, 2.05) is 0 Å². The molecule has 0 atom stereocenters. The van der Waals surface area contributed by atoms with E-state index in [0.717, 1.165) is 0 Å². The molecular formula is C13H11Br2FN2O2S. The molecule has 2 aromatic carbocycles. The van der Waals surface area contributed by atoms with Crippen molar-refractivity contribution in [2.75, 3.05) is 5.73 Å². The van der Waals surface area contributed by atoms with Crippen molar-refractivity contribution in [3.05, 3.63) is 56.7 Å². The quantitative estimate of drug-likeness (QED) is 0.720. The van der Waals surface area contributed by atoms with Gasteiger partial charge in [0, 0.05) is 21.2 Å². The summed E-state index contributed by atoms with van der Waals surface area (Å²) < 4.78 is 41.2. The molecule has 0 radical (unpaired) electrons. The van der Waals surface area contributed by atoms with Crippen molar-refractivity contribution in [1.82, 2.24) is 4.72 Å². The second kappa shape index (κ2) is 6.43. The van der Waals surface area contributed by atoms with Crippen LogP contribution in [0.1, 0.15) is 5.56 Å².